The SMILES string of the molecule is CC(C)(O)c1cc2nn(C3CCC(N4CCN(C(=O)C5CN(c6cc(F)c(N7CCC(=O)NC7=O)c(F)c6)C5)CC4)CC3)cc2cc1NC(=O)c1cccc(C(F)(F)F)n1. The Bertz CT molecular complexity index is 2320. The summed E-state index contributed by atoms with van der Waals surface area (Å²) in [5, 5.41) is 21.2. The van der Waals surface area contributed by atoms with Crippen LogP contribution in [0.1, 0.15) is 73.7 Å². The van der Waals surface area contributed by atoms with E-state index in [-0.39, 0.29) is 42.2 Å². The average Bonchev–Trinajstić information content (AvgIpc) is 3.60. The minimum atomic E-state index is -4.72. The van der Waals surface area contributed by atoms with Crippen LogP contribution in [0.5, 0.6) is 0 Å². The zero-order valence-electron chi connectivity index (χ0n) is 32.9. The number of pyridine rings is 1. The van der Waals surface area contributed by atoms with E-state index in [0.29, 0.717) is 48.7 Å². The minimum absolute atomic E-state index is 0.00960. The molecule has 8 rings (SSSR count). The quantitative estimate of drug-likeness (QED) is 0.198. The Morgan fingerprint density at radius 2 is 1.57 bits per heavy atom. The first-order valence-electron chi connectivity index (χ1n) is 19.9. The molecule has 0 bridgehead atoms. The van der Waals surface area contributed by atoms with E-state index < -0.39 is 58.3 Å². The second-order valence-corrected chi connectivity index (χ2v) is 16.4. The normalized spacial score (nSPS) is 21.0. The first-order chi connectivity index (χ1) is 28.4. The lowest BCUT2D eigenvalue weighted by molar-refractivity contribution is -0.141. The fourth-order valence-corrected chi connectivity index (χ4v) is 8.66. The van der Waals surface area contributed by atoms with E-state index in [1.54, 1.807) is 30.9 Å². The van der Waals surface area contributed by atoms with E-state index >= 15 is 8.78 Å². The van der Waals surface area contributed by atoms with E-state index in [9.17, 15) is 37.5 Å². The number of carbonyl (C=O) groups excluding carboxylic acids is 4. The first-order valence-corrected chi connectivity index (χ1v) is 19.9. The fraction of sp³-hybridized carbons (Fsp3) is 0.463. The van der Waals surface area contributed by atoms with Crippen molar-refractivity contribution in [3.8, 4) is 0 Å². The predicted molar refractivity (Wildman–Crippen MR) is 209 cm³/mol. The standard InChI is InChI=1S/C41H44F5N9O5/c1-40(2,60)28-19-32-23(16-33(28)48-37(57)31-4-3-5-34(47-31)41(44,45)46)22-55(50-32)26-8-6-25(7-9-26)51-12-14-52(15-13-51)38(58)24-20-53(21-24)27-17-29(42)36(30(43)18-27)54-11-10-35(56)49-39(54)59/h3-5,16-19,22,24-26,60H,6-15,20-21H2,1-2H3,(H,48,57)(H,49,56,59). The first kappa shape index (κ1) is 41.1. The third kappa shape index (κ3) is 8.24. The number of rotatable bonds is 8. The fourth-order valence-electron chi connectivity index (χ4n) is 8.66. The zero-order chi connectivity index (χ0) is 42.7. The zero-order valence-corrected chi connectivity index (χ0v) is 32.9. The highest BCUT2D eigenvalue weighted by Gasteiger charge is 2.39. The van der Waals surface area contributed by atoms with Crippen LogP contribution in [-0.2, 0) is 21.4 Å². The van der Waals surface area contributed by atoms with Crippen LogP contribution in [-0.4, -0.2) is 105 Å². The number of carbonyl (C=O) groups is 4. The number of fused-ring (bicyclic) bond motifs is 1. The van der Waals surface area contributed by atoms with Crippen LogP contribution in [0.15, 0.2) is 48.7 Å². The van der Waals surface area contributed by atoms with Gasteiger partial charge in [-0.05, 0) is 75.9 Å². The van der Waals surface area contributed by atoms with Gasteiger partial charge < -0.3 is 20.2 Å². The molecule has 3 N–H and O–H groups in total. The number of nitrogens with zero attached hydrogens (tertiary/aromatic N) is 7. The van der Waals surface area contributed by atoms with Crippen LogP contribution in [0.3, 0.4) is 0 Å². The molecule has 4 fully saturated rings. The van der Waals surface area contributed by atoms with Crippen LogP contribution in [0.4, 0.5) is 43.8 Å². The number of benzene rings is 2. The van der Waals surface area contributed by atoms with Gasteiger partial charge >= 0.3 is 12.2 Å². The molecule has 60 heavy (non-hydrogen) atoms. The summed E-state index contributed by atoms with van der Waals surface area (Å²) in [7, 11) is 0. The summed E-state index contributed by atoms with van der Waals surface area (Å²) in [6.07, 6.45) is 0.631. The van der Waals surface area contributed by atoms with E-state index in [0.717, 1.165) is 67.9 Å². The number of halogens is 5. The van der Waals surface area contributed by atoms with Crippen LogP contribution in [0, 0.1) is 17.6 Å². The molecule has 19 heteroatoms. The van der Waals surface area contributed by atoms with Crippen molar-refractivity contribution in [2.24, 2.45) is 5.92 Å². The number of urea groups is 1. The van der Waals surface area contributed by atoms with E-state index in [2.05, 4.69) is 20.5 Å². The Kier molecular flexibility index (Phi) is 10.8. The topological polar surface area (TPSA) is 156 Å². The van der Waals surface area contributed by atoms with E-state index in [1.807, 2.05) is 15.8 Å². The highest BCUT2D eigenvalue weighted by molar-refractivity contribution is 6.06. The number of aromatic nitrogens is 3. The van der Waals surface area contributed by atoms with Crippen molar-refractivity contribution in [2.75, 3.05) is 60.9 Å². The summed E-state index contributed by atoms with van der Waals surface area (Å²) >= 11 is 0. The summed E-state index contributed by atoms with van der Waals surface area (Å²) in [5.74, 6) is -3.50. The van der Waals surface area contributed by atoms with Crippen molar-refractivity contribution >= 4 is 51.7 Å². The van der Waals surface area contributed by atoms with Crippen molar-refractivity contribution < 1.29 is 46.2 Å². The molecule has 3 saturated heterocycles. The number of nitrogens with one attached hydrogen (secondary N) is 2. The lowest BCUT2D eigenvalue weighted by atomic mass is 9.89. The lowest BCUT2D eigenvalue weighted by Gasteiger charge is -2.45. The second-order valence-electron chi connectivity index (χ2n) is 16.4. The molecule has 4 aliphatic rings. The Labute approximate surface area is 341 Å². The second kappa shape index (κ2) is 15.7. The molecule has 0 spiro atoms. The molecule has 1 saturated carbocycles. The van der Waals surface area contributed by atoms with Gasteiger partial charge in [-0.15, -0.1) is 0 Å². The van der Waals surface area contributed by atoms with Crippen LogP contribution in [0.25, 0.3) is 10.9 Å². The molecule has 5 amide bonds. The molecular formula is C41H44F5N9O5. The van der Waals surface area contributed by atoms with Crippen molar-refractivity contribution in [1.82, 2.24) is 29.9 Å². The third-order valence-corrected chi connectivity index (χ3v) is 11.9. The molecule has 5 heterocycles. The third-order valence-electron chi connectivity index (χ3n) is 11.9. The van der Waals surface area contributed by atoms with Crippen molar-refractivity contribution in [1.29, 1.82) is 0 Å². The van der Waals surface area contributed by atoms with Crippen LogP contribution >= 0.6 is 0 Å². The van der Waals surface area contributed by atoms with Gasteiger partial charge in [0.2, 0.25) is 11.8 Å². The Balaban J connectivity index is 0.835. The molecule has 0 atom stereocenters. The lowest BCUT2D eigenvalue weighted by Crippen LogP contribution is -2.59. The minimum Gasteiger partial charge on any atom is -0.386 e. The Morgan fingerprint density at radius 1 is 0.900 bits per heavy atom. The number of amides is 5. The summed E-state index contributed by atoms with van der Waals surface area (Å²) in [6, 6.07) is 8.27. The number of aliphatic hydroxyl groups is 1. The highest BCUT2D eigenvalue weighted by Crippen LogP contribution is 2.37. The van der Waals surface area contributed by atoms with Gasteiger partial charge in [0, 0.05) is 86.8 Å². The molecule has 0 unspecified atom stereocenters. The summed E-state index contributed by atoms with van der Waals surface area (Å²) in [4.78, 5) is 60.4. The number of piperazine rings is 1. The number of imide groups is 1. The maximum absolute atomic E-state index is 15.0. The van der Waals surface area contributed by atoms with Gasteiger partial charge in [-0.25, -0.2) is 18.6 Å². The molecule has 0 radical (unpaired) electrons. The number of alkyl halides is 3. The molecule has 14 nitrogen and oxygen atoms in total. The summed E-state index contributed by atoms with van der Waals surface area (Å²) in [6.45, 7) is 6.18. The van der Waals surface area contributed by atoms with Crippen LogP contribution < -0.4 is 20.4 Å². The Hall–Kier alpha value is -5.69. The molecule has 2 aromatic heterocycles. The average molecular weight is 838 g/mol. The van der Waals surface area contributed by atoms with E-state index in [4.69, 9.17) is 5.10 Å². The molecular weight excluding hydrogens is 793 g/mol. The number of hydrogen-bond donors (Lipinski definition) is 3. The monoisotopic (exact) mass is 837 g/mol. The maximum atomic E-state index is 15.0. The van der Waals surface area contributed by atoms with Crippen molar-refractivity contribution in [2.45, 2.75) is 69.8 Å². The van der Waals surface area contributed by atoms with Gasteiger partial charge in [-0.3, -0.25) is 34.2 Å². The van der Waals surface area contributed by atoms with Gasteiger partial charge in [0.15, 0.2) is 11.6 Å². The summed E-state index contributed by atoms with van der Waals surface area (Å²) < 4.78 is 71.7. The molecule has 3 aliphatic heterocycles. The largest absolute Gasteiger partial charge is 0.433 e. The maximum Gasteiger partial charge on any atom is 0.433 e. The van der Waals surface area contributed by atoms with Crippen molar-refractivity contribution in [3.63, 3.8) is 0 Å². The number of anilines is 3. The molecule has 2 aromatic carbocycles. The molecule has 318 valence electrons. The predicted octanol–water partition coefficient (Wildman–Crippen LogP) is 5.42. The van der Waals surface area contributed by atoms with Crippen molar-refractivity contribution in [3.05, 3.63) is 77.2 Å². The van der Waals surface area contributed by atoms with Crippen LogP contribution in [0.2, 0.25) is 0 Å². The molecule has 1 aliphatic carbocycles. The van der Waals surface area contributed by atoms with Gasteiger partial charge in [-0.2, -0.15) is 18.3 Å². The van der Waals surface area contributed by atoms with Gasteiger partial charge in [0.25, 0.3) is 5.91 Å². The van der Waals surface area contributed by atoms with E-state index in [1.165, 1.54) is 6.07 Å². The van der Waals surface area contributed by atoms with Gasteiger partial charge in [0.05, 0.1) is 23.1 Å². The van der Waals surface area contributed by atoms with Gasteiger partial charge in [0.1, 0.15) is 17.1 Å². The van der Waals surface area contributed by atoms with Gasteiger partial charge in [-0.1, -0.05) is 6.07 Å². The summed E-state index contributed by atoms with van der Waals surface area (Å²) in [5.41, 5.74) is -2.08. The number of hydrogen-bond acceptors (Lipinski definition) is 9. The molecule has 4 aromatic rings. The Morgan fingerprint density at radius 3 is 2.20 bits per heavy atom. The smallest absolute Gasteiger partial charge is 0.386 e. The highest BCUT2D eigenvalue weighted by atomic mass is 19.4.